The van der Waals surface area contributed by atoms with Gasteiger partial charge in [0.15, 0.2) is 17.2 Å². The van der Waals surface area contributed by atoms with Crippen molar-refractivity contribution in [3.63, 3.8) is 0 Å². The smallest absolute Gasteiger partial charge is 0.424 e. The van der Waals surface area contributed by atoms with Gasteiger partial charge in [-0.05, 0) is 62.4 Å². The number of urea groups is 1. The Bertz CT molecular complexity index is 1550. The number of nitrogens with two attached hydrogens (primary N) is 1. The molecule has 0 aliphatic carbocycles. The van der Waals surface area contributed by atoms with Gasteiger partial charge in [0, 0.05) is 16.7 Å². The highest BCUT2D eigenvalue weighted by atomic mass is 19.4. The minimum Gasteiger partial charge on any atom is -0.493 e. The number of carbonyl (C=O) groups excluding carboxylic acids is 2. The Morgan fingerprint density at radius 1 is 1.16 bits per heavy atom. The summed E-state index contributed by atoms with van der Waals surface area (Å²) in [5, 5.41) is 25.2. The lowest BCUT2D eigenvalue weighted by atomic mass is 9.88. The molecule has 2 aromatic carbocycles. The van der Waals surface area contributed by atoms with E-state index in [0.29, 0.717) is 0 Å². The maximum atomic E-state index is 14.6. The number of primary amides is 1. The van der Waals surface area contributed by atoms with Crippen LogP contribution in [0.3, 0.4) is 0 Å². The Hall–Kier alpha value is -4.63. The van der Waals surface area contributed by atoms with E-state index < -0.39 is 53.4 Å². The number of alkyl halides is 3. The Morgan fingerprint density at radius 3 is 2.43 bits per heavy atom. The molecule has 236 valence electrons. The first-order valence-corrected chi connectivity index (χ1v) is 13.2. The molecule has 3 atom stereocenters. The number of rotatable bonds is 10. The summed E-state index contributed by atoms with van der Waals surface area (Å²) in [6.07, 6.45) is -6.17. The van der Waals surface area contributed by atoms with E-state index >= 15 is 0 Å². The number of ether oxygens (including phenoxy) is 3. The topological polar surface area (TPSA) is 165 Å². The SMILES string of the molecule is COc1cc(C(=O)NCC(O)(c2cc3c(c(-c4ccc(F)cc4)n2)OCC3(C)NC(N)=O)C(F)(F)F)ccc1OCC(C)O. The molecule has 44 heavy (non-hydrogen) atoms. The zero-order valence-corrected chi connectivity index (χ0v) is 23.8. The zero-order chi connectivity index (χ0) is 32.4. The Kier molecular flexibility index (Phi) is 8.93. The third kappa shape index (κ3) is 6.48. The molecule has 15 heteroatoms. The van der Waals surface area contributed by atoms with Crippen LogP contribution in [0.5, 0.6) is 17.2 Å². The van der Waals surface area contributed by atoms with Crippen LogP contribution in [0, 0.1) is 5.82 Å². The maximum absolute atomic E-state index is 14.6. The van der Waals surface area contributed by atoms with Crippen molar-refractivity contribution in [2.75, 3.05) is 26.9 Å². The van der Waals surface area contributed by atoms with Gasteiger partial charge in [-0.1, -0.05) is 0 Å². The second kappa shape index (κ2) is 12.2. The average molecular weight is 623 g/mol. The van der Waals surface area contributed by atoms with Crippen molar-refractivity contribution >= 4 is 11.9 Å². The van der Waals surface area contributed by atoms with Crippen LogP contribution >= 0.6 is 0 Å². The van der Waals surface area contributed by atoms with Crippen LogP contribution in [-0.2, 0) is 11.1 Å². The summed E-state index contributed by atoms with van der Waals surface area (Å²) in [5.74, 6) is -1.35. The molecule has 3 amide bonds. The number of hydrogen-bond acceptors (Lipinski definition) is 8. The quantitative estimate of drug-likeness (QED) is 0.215. The molecule has 2 heterocycles. The van der Waals surface area contributed by atoms with Gasteiger partial charge < -0.3 is 40.8 Å². The number of halogens is 4. The van der Waals surface area contributed by atoms with Gasteiger partial charge in [-0.3, -0.25) is 4.79 Å². The van der Waals surface area contributed by atoms with Crippen LogP contribution in [0.15, 0.2) is 48.5 Å². The van der Waals surface area contributed by atoms with Gasteiger partial charge in [-0.15, -0.1) is 0 Å². The highest BCUT2D eigenvalue weighted by molar-refractivity contribution is 5.95. The van der Waals surface area contributed by atoms with Crippen molar-refractivity contribution in [3.05, 3.63) is 71.2 Å². The number of benzene rings is 2. The van der Waals surface area contributed by atoms with Crippen molar-refractivity contribution in [1.82, 2.24) is 15.6 Å². The summed E-state index contributed by atoms with van der Waals surface area (Å²) in [5.41, 5.74) is -0.888. The third-order valence-corrected chi connectivity index (χ3v) is 6.89. The number of aromatic nitrogens is 1. The second-order valence-corrected chi connectivity index (χ2v) is 10.4. The standard InChI is InChI=1S/C29H30F4N4O7/c1-15(38)12-43-20-9-6-17(10-21(20)42-3)25(39)35-13-28(41,29(31,32)33)22-11-19-24(44-14-27(19,2)37-26(34)40)23(36-22)16-4-7-18(30)8-5-16/h4-11,15,38,41H,12-14H2,1-3H3,(H,35,39)(H3,34,37,40). The molecule has 3 aromatic rings. The van der Waals surface area contributed by atoms with Crippen molar-refractivity contribution in [1.29, 1.82) is 0 Å². The van der Waals surface area contributed by atoms with E-state index in [1.165, 1.54) is 51.3 Å². The fourth-order valence-corrected chi connectivity index (χ4v) is 4.56. The molecule has 4 rings (SSSR count). The molecule has 3 unspecified atom stereocenters. The van der Waals surface area contributed by atoms with Crippen molar-refractivity contribution in [3.8, 4) is 28.5 Å². The van der Waals surface area contributed by atoms with E-state index in [1.807, 2.05) is 0 Å². The van der Waals surface area contributed by atoms with Crippen LogP contribution in [0.2, 0.25) is 0 Å². The molecule has 0 saturated heterocycles. The van der Waals surface area contributed by atoms with E-state index in [1.54, 1.807) is 0 Å². The molecular weight excluding hydrogens is 592 g/mol. The normalized spacial score (nSPS) is 17.9. The van der Waals surface area contributed by atoms with Crippen LogP contribution < -0.4 is 30.6 Å². The van der Waals surface area contributed by atoms with E-state index in [9.17, 15) is 37.4 Å². The van der Waals surface area contributed by atoms with Crippen molar-refractivity contribution in [2.45, 2.75) is 37.3 Å². The lowest BCUT2D eigenvalue weighted by Gasteiger charge is -2.32. The van der Waals surface area contributed by atoms with Gasteiger partial charge in [-0.25, -0.2) is 14.2 Å². The average Bonchev–Trinajstić information content (AvgIpc) is 3.29. The maximum Gasteiger partial charge on any atom is 0.424 e. The largest absolute Gasteiger partial charge is 0.493 e. The summed E-state index contributed by atoms with van der Waals surface area (Å²) in [6, 6.07) is 8.42. The summed E-state index contributed by atoms with van der Waals surface area (Å²) < 4.78 is 73.9. The molecule has 0 saturated carbocycles. The second-order valence-electron chi connectivity index (χ2n) is 10.4. The molecule has 1 aromatic heterocycles. The summed E-state index contributed by atoms with van der Waals surface area (Å²) in [6.45, 7) is 1.28. The highest BCUT2D eigenvalue weighted by Crippen LogP contribution is 2.47. The van der Waals surface area contributed by atoms with Gasteiger partial charge in [0.2, 0.25) is 5.60 Å². The summed E-state index contributed by atoms with van der Waals surface area (Å²) >= 11 is 0. The molecule has 0 fully saturated rings. The lowest BCUT2D eigenvalue weighted by molar-refractivity contribution is -0.265. The fraction of sp³-hybridized carbons (Fsp3) is 0.345. The van der Waals surface area contributed by atoms with Gasteiger partial charge in [0.25, 0.3) is 5.91 Å². The van der Waals surface area contributed by atoms with Gasteiger partial charge >= 0.3 is 12.2 Å². The molecule has 0 spiro atoms. The molecule has 0 radical (unpaired) electrons. The van der Waals surface area contributed by atoms with Crippen LogP contribution in [0.1, 0.15) is 35.5 Å². The van der Waals surface area contributed by atoms with Gasteiger partial charge in [0.05, 0.1) is 25.5 Å². The van der Waals surface area contributed by atoms with E-state index in [0.717, 1.165) is 18.2 Å². The van der Waals surface area contributed by atoms with Crippen molar-refractivity contribution < 1.29 is 51.6 Å². The van der Waals surface area contributed by atoms with Crippen LogP contribution in [0.25, 0.3) is 11.3 Å². The number of pyridine rings is 1. The predicted molar refractivity (Wildman–Crippen MR) is 148 cm³/mol. The molecular formula is C29H30F4N4O7. The van der Waals surface area contributed by atoms with Crippen LogP contribution in [-0.4, -0.2) is 66.3 Å². The lowest BCUT2D eigenvalue weighted by Crippen LogP contribution is -2.52. The zero-order valence-electron chi connectivity index (χ0n) is 23.8. The number of methoxy groups -OCH3 is 1. The number of carbonyl (C=O) groups is 2. The third-order valence-electron chi connectivity index (χ3n) is 6.89. The fourth-order valence-electron chi connectivity index (χ4n) is 4.56. The first-order chi connectivity index (χ1) is 20.6. The molecule has 1 aliphatic rings. The number of hydrogen-bond donors (Lipinski definition) is 5. The molecule has 6 N–H and O–H groups in total. The van der Waals surface area contributed by atoms with E-state index in [4.69, 9.17) is 19.9 Å². The Balaban J connectivity index is 1.74. The number of aliphatic hydroxyl groups is 2. The summed E-state index contributed by atoms with van der Waals surface area (Å²) in [4.78, 5) is 28.8. The number of nitrogens with zero attached hydrogens (tertiary/aromatic N) is 1. The molecule has 1 aliphatic heterocycles. The van der Waals surface area contributed by atoms with Crippen molar-refractivity contribution in [2.24, 2.45) is 5.73 Å². The van der Waals surface area contributed by atoms with Gasteiger partial charge in [-0.2, -0.15) is 13.2 Å². The predicted octanol–water partition coefficient (Wildman–Crippen LogP) is 3.11. The first kappa shape index (κ1) is 32.3. The van der Waals surface area contributed by atoms with E-state index in [-0.39, 0.29) is 52.8 Å². The van der Waals surface area contributed by atoms with Gasteiger partial charge in [0.1, 0.15) is 30.3 Å². The Morgan fingerprint density at radius 2 is 1.84 bits per heavy atom. The Labute approximate surface area is 248 Å². The monoisotopic (exact) mass is 622 g/mol. The first-order valence-electron chi connectivity index (χ1n) is 13.2. The minimum absolute atomic E-state index is 0.00448. The molecule has 0 bridgehead atoms. The number of aliphatic hydroxyl groups excluding tert-OH is 1. The van der Waals surface area contributed by atoms with E-state index in [2.05, 4.69) is 15.6 Å². The molecule has 11 nitrogen and oxygen atoms in total. The minimum atomic E-state index is -5.37. The number of fused-ring (bicyclic) bond motifs is 1. The van der Waals surface area contributed by atoms with Crippen LogP contribution in [0.4, 0.5) is 22.4 Å². The number of amides is 3. The highest BCUT2D eigenvalue weighted by Gasteiger charge is 2.57. The number of nitrogens with one attached hydrogen (secondary N) is 2. The summed E-state index contributed by atoms with van der Waals surface area (Å²) in [7, 11) is 1.29.